The molecular weight excluding hydrogens is 365 g/mol. The second-order valence-electron chi connectivity index (χ2n) is 3.51. The number of aryl methyl sites for hydroxylation is 1. The van der Waals surface area contributed by atoms with Crippen LogP contribution in [0.2, 0.25) is 0 Å². The summed E-state index contributed by atoms with van der Waals surface area (Å²) in [4.78, 5) is 15.2. The van der Waals surface area contributed by atoms with Crippen LogP contribution in [0.4, 0.5) is 0 Å². The Kier molecular flexibility index (Phi) is 4.18. The summed E-state index contributed by atoms with van der Waals surface area (Å²) in [5.74, 6) is -0.447. The summed E-state index contributed by atoms with van der Waals surface area (Å²) in [6, 6.07) is 4.78. The third-order valence-electron chi connectivity index (χ3n) is 2.27. The number of hydrogen-bond donors (Lipinski definition) is 1. The normalized spacial score (nSPS) is 10.3. The van der Waals surface area contributed by atoms with Gasteiger partial charge >= 0.3 is 5.97 Å². The minimum Gasteiger partial charge on any atom is -0.478 e. The van der Waals surface area contributed by atoms with Gasteiger partial charge in [0.2, 0.25) is 0 Å². The highest BCUT2D eigenvalue weighted by atomic mass is 127. The number of hydrogen-bond acceptors (Lipinski definition) is 4. The number of thiazole rings is 1. The van der Waals surface area contributed by atoms with Crippen molar-refractivity contribution >= 4 is 39.9 Å². The topological polar surface area (TPSA) is 59.4 Å². The Hall–Kier alpha value is -1.15. The van der Waals surface area contributed by atoms with Crippen molar-refractivity contribution in [3.63, 3.8) is 0 Å². The van der Waals surface area contributed by atoms with E-state index in [2.05, 4.69) is 27.6 Å². The van der Waals surface area contributed by atoms with E-state index in [1.165, 1.54) is 17.4 Å². The van der Waals surface area contributed by atoms with Crippen LogP contribution in [0.25, 0.3) is 0 Å². The quantitative estimate of drug-likeness (QED) is 0.826. The number of rotatable bonds is 4. The van der Waals surface area contributed by atoms with E-state index in [0.29, 0.717) is 10.9 Å². The molecule has 1 N–H and O–H groups in total. The molecule has 0 fully saturated rings. The monoisotopic (exact) mass is 375 g/mol. The first kappa shape index (κ1) is 13.3. The molecule has 0 spiro atoms. The predicted molar refractivity (Wildman–Crippen MR) is 77.7 cm³/mol. The maximum Gasteiger partial charge on any atom is 0.335 e. The first-order valence-electron chi connectivity index (χ1n) is 5.25. The van der Waals surface area contributed by atoms with Crippen molar-refractivity contribution in [3.8, 4) is 10.9 Å². The minimum absolute atomic E-state index is 0.206. The van der Waals surface area contributed by atoms with Gasteiger partial charge in [-0.1, -0.05) is 18.3 Å². The molecule has 1 aromatic carbocycles. The van der Waals surface area contributed by atoms with Gasteiger partial charge in [-0.05, 0) is 47.2 Å². The fraction of sp³-hybridized carbons (Fsp3) is 0.167. The lowest BCUT2D eigenvalue weighted by Gasteiger charge is -2.05. The predicted octanol–water partition coefficient (Wildman–Crippen LogP) is 3.80. The zero-order chi connectivity index (χ0) is 13.1. The van der Waals surface area contributed by atoms with Crippen LogP contribution in [0.3, 0.4) is 0 Å². The molecule has 0 aliphatic carbocycles. The van der Waals surface area contributed by atoms with Gasteiger partial charge in [-0.25, -0.2) is 9.78 Å². The zero-order valence-electron chi connectivity index (χ0n) is 9.51. The number of nitrogens with zero attached hydrogens (tertiary/aromatic N) is 1. The Labute approximate surface area is 122 Å². The van der Waals surface area contributed by atoms with Crippen molar-refractivity contribution in [1.29, 1.82) is 0 Å². The highest BCUT2D eigenvalue weighted by Crippen LogP contribution is 2.30. The number of carbonyl (C=O) groups is 1. The summed E-state index contributed by atoms with van der Waals surface area (Å²) < 4.78 is 6.47. The van der Waals surface area contributed by atoms with Gasteiger partial charge in [0.25, 0.3) is 5.19 Å². The lowest BCUT2D eigenvalue weighted by atomic mass is 10.2. The second kappa shape index (κ2) is 5.66. The molecule has 0 saturated carbocycles. The van der Waals surface area contributed by atoms with Gasteiger partial charge < -0.3 is 9.84 Å². The highest BCUT2D eigenvalue weighted by molar-refractivity contribution is 14.1. The van der Waals surface area contributed by atoms with Crippen LogP contribution in [-0.2, 0) is 6.42 Å². The van der Waals surface area contributed by atoms with Gasteiger partial charge in [0.05, 0.1) is 14.8 Å². The largest absolute Gasteiger partial charge is 0.478 e. The molecule has 1 heterocycles. The van der Waals surface area contributed by atoms with Crippen molar-refractivity contribution in [3.05, 3.63) is 38.4 Å². The van der Waals surface area contributed by atoms with E-state index >= 15 is 0 Å². The number of aromatic carboxylic acids is 1. The van der Waals surface area contributed by atoms with E-state index in [1.807, 2.05) is 12.3 Å². The van der Waals surface area contributed by atoms with E-state index in [1.54, 1.807) is 12.1 Å². The summed E-state index contributed by atoms with van der Waals surface area (Å²) in [5, 5.41) is 11.4. The van der Waals surface area contributed by atoms with Crippen LogP contribution in [0.1, 0.15) is 23.0 Å². The molecule has 0 aliphatic heterocycles. The standard InChI is InChI=1S/C12H10INO3S/c1-2-8-6-18-12(14-8)17-10-5-7(11(15)16)3-4-9(10)13/h3-6H,2H2,1H3,(H,15,16). The Morgan fingerprint density at radius 1 is 1.56 bits per heavy atom. The van der Waals surface area contributed by atoms with Crippen LogP contribution in [0, 0.1) is 3.57 Å². The second-order valence-corrected chi connectivity index (χ2v) is 5.49. The SMILES string of the molecule is CCc1csc(Oc2cc(C(=O)O)ccc2I)n1. The van der Waals surface area contributed by atoms with Crippen LogP contribution in [0.5, 0.6) is 10.9 Å². The number of aromatic nitrogens is 1. The molecule has 0 amide bonds. The maximum atomic E-state index is 10.9. The Balaban J connectivity index is 2.27. The molecule has 0 saturated heterocycles. The maximum absolute atomic E-state index is 10.9. The summed E-state index contributed by atoms with van der Waals surface area (Å²) in [7, 11) is 0. The van der Waals surface area contributed by atoms with E-state index in [0.717, 1.165) is 15.7 Å². The number of carboxylic acid groups (broad SMARTS) is 1. The smallest absolute Gasteiger partial charge is 0.335 e. The molecule has 0 bridgehead atoms. The average Bonchev–Trinajstić information content (AvgIpc) is 2.79. The molecule has 1 aromatic heterocycles. The average molecular weight is 375 g/mol. The highest BCUT2D eigenvalue weighted by Gasteiger charge is 2.10. The van der Waals surface area contributed by atoms with Crippen molar-refractivity contribution in [2.45, 2.75) is 13.3 Å². The fourth-order valence-corrected chi connectivity index (χ4v) is 2.52. The molecular formula is C12H10INO3S. The zero-order valence-corrected chi connectivity index (χ0v) is 12.5. The van der Waals surface area contributed by atoms with Gasteiger partial charge in [-0.3, -0.25) is 0 Å². The van der Waals surface area contributed by atoms with E-state index in [4.69, 9.17) is 9.84 Å². The van der Waals surface area contributed by atoms with E-state index in [9.17, 15) is 4.79 Å². The van der Waals surface area contributed by atoms with Gasteiger partial charge in [0.1, 0.15) is 5.75 Å². The van der Waals surface area contributed by atoms with Crippen molar-refractivity contribution in [2.24, 2.45) is 0 Å². The van der Waals surface area contributed by atoms with Crippen LogP contribution >= 0.6 is 33.9 Å². The fourth-order valence-electron chi connectivity index (χ4n) is 1.31. The van der Waals surface area contributed by atoms with Gasteiger partial charge in [-0.2, -0.15) is 0 Å². The van der Waals surface area contributed by atoms with Gasteiger partial charge in [0, 0.05) is 5.38 Å². The third-order valence-corrected chi connectivity index (χ3v) is 3.93. The Morgan fingerprint density at radius 2 is 2.33 bits per heavy atom. The summed E-state index contributed by atoms with van der Waals surface area (Å²) in [6.07, 6.45) is 0.853. The lowest BCUT2D eigenvalue weighted by Crippen LogP contribution is -1.97. The molecule has 2 rings (SSSR count). The molecule has 0 unspecified atom stereocenters. The summed E-state index contributed by atoms with van der Waals surface area (Å²) >= 11 is 3.51. The Bertz CT molecular complexity index is 582. The lowest BCUT2D eigenvalue weighted by molar-refractivity contribution is 0.0696. The molecule has 18 heavy (non-hydrogen) atoms. The van der Waals surface area contributed by atoms with Crippen molar-refractivity contribution in [2.75, 3.05) is 0 Å². The first-order chi connectivity index (χ1) is 8.60. The molecule has 2 aromatic rings. The van der Waals surface area contributed by atoms with Crippen LogP contribution in [-0.4, -0.2) is 16.1 Å². The number of carboxylic acids is 1. The van der Waals surface area contributed by atoms with Crippen LogP contribution < -0.4 is 4.74 Å². The van der Waals surface area contributed by atoms with E-state index in [-0.39, 0.29) is 5.56 Å². The van der Waals surface area contributed by atoms with E-state index < -0.39 is 5.97 Å². The van der Waals surface area contributed by atoms with Gasteiger partial charge in [-0.15, -0.1) is 0 Å². The molecule has 0 aliphatic rings. The van der Waals surface area contributed by atoms with Crippen molar-refractivity contribution in [1.82, 2.24) is 4.98 Å². The number of benzene rings is 1. The van der Waals surface area contributed by atoms with Crippen LogP contribution in [0.15, 0.2) is 23.6 Å². The Morgan fingerprint density at radius 3 is 2.94 bits per heavy atom. The van der Waals surface area contributed by atoms with Gasteiger partial charge in [0.15, 0.2) is 0 Å². The first-order valence-corrected chi connectivity index (χ1v) is 7.21. The molecule has 94 valence electrons. The number of halogens is 1. The molecule has 0 radical (unpaired) electrons. The van der Waals surface area contributed by atoms with Crippen molar-refractivity contribution < 1.29 is 14.6 Å². The molecule has 4 nitrogen and oxygen atoms in total. The third kappa shape index (κ3) is 2.99. The molecule has 6 heteroatoms. The molecule has 0 atom stereocenters. The summed E-state index contributed by atoms with van der Waals surface area (Å²) in [5.41, 5.74) is 1.18. The minimum atomic E-state index is -0.968. The summed E-state index contributed by atoms with van der Waals surface area (Å²) in [6.45, 7) is 2.02. The number of ether oxygens (including phenoxy) is 1.